The molecule has 2 N–H and O–H groups in total. The predicted octanol–water partition coefficient (Wildman–Crippen LogP) is 0.704. The number of pyridine rings is 1. The highest BCUT2D eigenvalue weighted by Crippen LogP contribution is 2.36. The molecule has 0 amide bonds. The van der Waals surface area contributed by atoms with Crippen LogP contribution in [0, 0.1) is 0 Å². The number of anilines is 1. The van der Waals surface area contributed by atoms with Crippen molar-refractivity contribution in [3.8, 4) is 0 Å². The molecular weight excluding hydrogens is 243 g/mol. The van der Waals surface area contributed by atoms with E-state index in [2.05, 4.69) is 4.98 Å². The number of nitrogens with two attached hydrogens (primary N) is 1. The molecule has 0 aromatic carbocycles. The predicted molar refractivity (Wildman–Crippen MR) is 74.1 cm³/mol. The van der Waals surface area contributed by atoms with Gasteiger partial charge in [0.15, 0.2) is 0 Å². The summed E-state index contributed by atoms with van der Waals surface area (Å²) >= 11 is 0. The van der Waals surface area contributed by atoms with Gasteiger partial charge < -0.3 is 19.8 Å². The lowest BCUT2D eigenvalue weighted by molar-refractivity contribution is -0.107. The van der Waals surface area contributed by atoms with Gasteiger partial charge in [0.1, 0.15) is 6.29 Å². The Morgan fingerprint density at radius 1 is 1.32 bits per heavy atom. The van der Waals surface area contributed by atoms with E-state index in [1.54, 1.807) is 12.3 Å². The van der Waals surface area contributed by atoms with Crippen LogP contribution in [-0.2, 0) is 20.5 Å². The van der Waals surface area contributed by atoms with Crippen molar-refractivity contribution in [1.29, 1.82) is 0 Å². The van der Waals surface area contributed by atoms with E-state index >= 15 is 0 Å². The van der Waals surface area contributed by atoms with Crippen LogP contribution < -0.4 is 11.3 Å². The van der Waals surface area contributed by atoms with Gasteiger partial charge in [-0.25, -0.2) is 0 Å². The maximum absolute atomic E-state index is 10.6. The SMILES string of the molecule is CC1(C)OB(c2cc(CC=O)c(N)cn2)OC1(C)C. The first-order chi connectivity index (χ1) is 8.77. The van der Waals surface area contributed by atoms with Gasteiger partial charge in [0.2, 0.25) is 0 Å². The van der Waals surface area contributed by atoms with E-state index in [0.29, 0.717) is 11.3 Å². The number of nitrogens with zero attached hydrogens (tertiary/aromatic N) is 1. The highest BCUT2D eigenvalue weighted by Gasteiger charge is 2.52. The van der Waals surface area contributed by atoms with Gasteiger partial charge in [0, 0.05) is 12.6 Å². The second-order valence-corrected chi connectivity index (χ2v) is 5.77. The van der Waals surface area contributed by atoms with E-state index in [4.69, 9.17) is 15.0 Å². The molecule has 0 saturated carbocycles. The topological polar surface area (TPSA) is 74.4 Å². The normalized spacial score (nSPS) is 20.5. The number of carbonyl (C=O) groups excluding carboxylic acids is 1. The molecule has 0 spiro atoms. The van der Waals surface area contributed by atoms with Crippen molar-refractivity contribution in [2.75, 3.05) is 5.73 Å². The first-order valence-electron chi connectivity index (χ1n) is 6.30. The third-order valence-electron chi connectivity index (χ3n) is 3.84. The van der Waals surface area contributed by atoms with Crippen LogP contribution in [0.2, 0.25) is 0 Å². The summed E-state index contributed by atoms with van der Waals surface area (Å²) in [5, 5.41) is 0. The summed E-state index contributed by atoms with van der Waals surface area (Å²) in [4.78, 5) is 14.9. The van der Waals surface area contributed by atoms with E-state index in [1.807, 2.05) is 27.7 Å². The molecule has 0 radical (unpaired) electrons. The maximum Gasteiger partial charge on any atom is 0.514 e. The van der Waals surface area contributed by atoms with Gasteiger partial charge in [-0.15, -0.1) is 0 Å². The fraction of sp³-hybridized carbons (Fsp3) is 0.538. The lowest BCUT2D eigenvalue weighted by Gasteiger charge is -2.32. The quantitative estimate of drug-likeness (QED) is 0.641. The van der Waals surface area contributed by atoms with Crippen LogP contribution in [-0.4, -0.2) is 29.6 Å². The number of aldehydes is 1. The molecule has 102 valence electrons. The zero-order valence-corrected chi connectivity index (χ0v) is 11.8. The smallest absolute Gasteiger partial charge is 0.398 e. The summed E-state index contributed by atoms with van der Waals surface area (Å²) < 4.78 is 11.8. The number of hydrogen-bond acceptors (Lipinski definition) is 5. The van der Waals surface area contributed by atoms with E-state index < -0.39 is 18.3 Å². The average molecular weight is 262 g/mol. The summed E-state index contributed by atoms with van der Waals surface area (Å²) in [5.74, 6) is 0. The molecule has 0 bridgehead atoms. The molecule has 0 unspecified atom stereocenters. The maximum atomic E-state index is 10.6. The number of rotatable bonds is 3. The molecule has 6 heteroatoms. The summed E-state index contributed by atoms with van der Waals surface area (Å²) in [6.07, 6.45) is 2.62. The molecule has 1 aliphatic rings. The summed E-state index contributed by atoms with van der Waals surface area (Å²) in [6, 6.07) is 1.77. The minimum Gasteiger partial charge on any atom is -0.398 e. The molecule has 1 aromatic heterocycles. The van der Waals surface area contributed by atoms with Gasteiger partial charge in [0.25, 0.3) is 0 Å². The van der Waals surface area contributed by atoms with Crippen LogP contribution in [0.1, 0.15) is 33.3 Å². The second-order valence-electron chi connectivity index (χ2n) is 5.77. The molecule has 1 fully saturated rings. The van der Waals surface area contributed by atoms with Gasteiger partial charge in [-0.05, 0) is 39.3 Å². The number of hydrogen-bond donors (Lipinski definition) is 1. The third kappa shape index (κ3) is 2.50. The summed E-state index contributed by atoms with van der Waals surface area (Å²) in [7, 11) is -0.531. The molecule has 1 aliphatic heterocycles. The van der Waals surface area contributed by atoms with Crippen molar-refractivity contribution in [3.63, 3.8) is 0 Å². The van der Waals surface area contributed by atoms with Crippen LogP contribution in [0.15, 0.2) is 12.3 Å². The highest BCUT2D eigenvalue weighted by molar-refractivity contribution is 6.61. The van der Waals surface area contributed by atoms with Crippen molar-refractivity contribution in [2.45, 2.75) is 45.3 Å². The molecule has 1 aromatic rings. The van der Waals surface area contributed by atoms with E-state index in [0.717, 1.165) is 11.8 Å². The molecule has 0 atom stereocenters. The van der Waals surface area contributed by atoms with Gasteiger partial charge in [-0.3, -0.25) is 4.98 Å². The Kier molecular flexibility index (Phi) is 3.41. The van der Waals surface area contributed by atoms with Gasteiger partial charge in [-0.2, -0.15) is 0 Å². The Hall–Kier alpha value is -1.40. The lowest BCUT2D eigenvalue weighted by atomic mass is 9.83. The van der Waals surface area contributed by atoms with Crippen LogP contribution in [0.3, 0.4) is 0 Å². The number of nitrogen functional groups attached to an aromatic ring is 1. The molecule has 5 nitrogen and oxygen atoms in total. The van der Waals surface area contributed by atoms with Gasteiger partial charge in [0.05, 0.1) is 22.5 Å². The molecule has 19 heavy (non-hydrogen) atoms. The molecule has 0 aliphatic carbocycles. The Bertz CT molecular complexity index is 487. The zero-order chi connectivity index (χ0) is 14.3. The lowest BCUT2D eigenvalue weighted by Crippen LogP contribution is -2.41. The van der Waals surface area contributed by atoms with E-state index in [9.17, 15) is 4.79 Å². The minimum absolute atomic E-state index is 0.265. The summed E-state index contributed by atoms with van der Waals surface area (Å²) in [5.41, 5.74) is 6.85. The largest absolute Gasteiger partial charge is 0.514 e. The fourth-order valence-corrected chi connectivity index (χ4v) is 1.89. The number of aromatic nitrogens is 1. The first-order valence-corrected chi connectivity index (χ1v) is 6.30. The highest BCUT2D eigenvalue weighted by atomic mass is 16.7. The minimum atomic E-state index is -0.531. The zero-order valence-electron chi connectivity index (χ0n) is 11.8. The van der Waals surface area contributed by atoms with Gasteiger partial charge in [-0.1, -0.05) is 0 Å². The van der Waals surface area contributed by atoms with Crippen molar-refractivity contribution < 1.29 is 14.1 Å². The fourth-order valence-electron chi connectivity index (χ4n) is 1.89. The first kappa shape index (κ1) is 14.0. The Morgan fingerprint density at radius 3 is 2.42 bits per heavy atom. The number of carbonyl (C=O) groups is 1. The van der Waals surface area contributed by atoms with Crippen molar-refractivity contribution >= 4 is 24.7 Å². The standard InChI is InChI=1S/C13H19BN2O3/c1-12(2)13(3,4)19-14(18-12)11-7-9(5-6-17)10(15)8-16-11/h6-8H,5,15H2,1-4H3. The van der Waals surface area contributed by atoms with Crippen molar-refractivity contribution in [3.05, 3.63) is 17.8 Å². The van der Waals surface area contributed by atoms with Crippen molar-refractivity contribution in [2.24, 2.45) is 0 Å². The molecule has 2 rings (SSSR count). The second kappa shape index (κ2) is 4.61. The third-order valence-corrected chi connectivity index (χ3v) is 3.84. The molecule has 2 heterocycles. The van der Waals surface area contributed by atoms with Crippen LogP contribution in [0.5, 0.6) is 0 Å². The average Bonchev–Trinajstić information content (AvgIpc) is 2.51. The Labute approximate surface area is 113 Å². The van der Waals surface area contributed by atoms with E-state index in [1.165, 1.54) is 0 Å². The van der Waals surface area contributed by atoms with Gasteiger partial charge >= 0.3 is 7.12 Å². The van der Waals surface area contributed by atoms with Crippen LogP contribution >= 0.6 is 0 Å². The van der Waals surface area contributed by atoms with Crippen LogP contribution in [0.4, 0.5) is 5.69 Å². The summed E-state index contributed by atoms with van der Waals surface area (Å²) in [6.45, 7) is 7.93. The van der Waals surface area contributed by atoms with Crippen LogP contribution in [0.25, 0.3) is 0 Å². The van der Waals surface area contributed by atoms with E-state index in [-0.39, 0.29) is 6.42 Å². The molecular formula is C13H19BN2O3. The van der Waals surface area contributed by atoms with Crippen molar-refractivity contribution in [1.82, 2.24) is 4.98 Å². The Morgan fingerprint density at radius 2 is 1.89 bits per heavy atom. The monoisotopic (exact) mass is 262 g/mol. The molecule has 1 saturated heterocycles. The Balaban J connectivity index is 2.29.